The van der Waals surface area contributed by atoms with Crippen LogP contribution in [0, 0.1) is 6.92 Å². The Hall–Kier alpha value is -1.30. The normalized spacial score (nSPS) is 18.9. The van der Waals surface area contributed by atoms with Crippen LogP contribution >= 0.6 is 11.8 Å². The molecule has 0 aliphatic carbocycles. The lowest BCUT2D eigenvalue weighted by atomic mass is 10.2. The summed E-state index contributed by atoms with van der Waals surface area (Å²) in [6.45, 7) is 3.85. The fourth-order valence-corrected chi connectivity index (χ4v) is 3.20. The zero-order chi connectivity index (χ0) is 13.1. The SMILES string of the molecule is CCOC(=O)c1c(C)nc(C2CCCS2)nc1N. The first kappa shape index (κ1) is 13.1. The van der Waals surface area contributed by atoms with Gasteiger partial charge in [-0.3, -0.25) is 0 Å². The second-order valence-electron chi connectivity index (χ2n) is 4.15. The number of esters is 1. The Labute approximate surface area is 111 Å². The van der Waals surface area contributed by atoms with Gasteiger partial charge in [-0.2, -0.15) is 11.8 Å². The Balaban J connectivity index is 2.31. The van der Waals surface area contributed by atoms with Gasteiger partial charge in [-0.25, -0.2) is 14.8 Å². The van der Waals surface area contributed by atoms with Gasteiger partial charge < -0.3 is 10.5 Å². The molecule has 2 heterocycles. The maximum Gasteiger partial charge on any atom is 0.343 e. The van der Waals surface area contributed by atoms with Crippen LogP contribution < -0.4 is 5.73 Å². The summed E-state index contributed by atoms with van der Waals surface area (Å²) >= 11 is 1.84. The third kappa shape index (κ3) is 2.58. The number of carbonyl (C=O) groups is 1. The maximum absolute atomic E-state index is 11.7. The first-order chi connectivity index (χ1) is 8.63. The van der Waals surface area contributed by atoms with Crippen molar-refractivity contribution >= 4 is 23.5 Å². The molecule has 1 fully saturated rings. The van der Waals surface area contributed by atoms with Crippen LogP contribution in [0.2, 0.25) is 0 Å². The van der Waals surface area contributed by atoms with E-state index in [1.54, 1.807) is 13.8 Å². The highest BCUT2D eigenvalue weighted by Gasteiger charge is 2.24. The Morgan fingerprint density at radius 1 is 1.56 bits per heavy atom. The number of hydrogen-bond acceptors (Lipinski definition) is 6. The van der Waals surface area contributed by atoms with Crippen LogP contribution in [0.3, 0.4) is 0 Å². The number of aryl methyl sites for hydroxylation is 1. The van der Waals surface area contributed by atoms with Gasteiger partial charge in [0.2, 0.25) is 0 Å². The first-order valence-electron chi connectivity index (χ1n) is 6.06. The molecule has 1 aromatic rings. The van der Waals surface area contributed by atoms with Crippen LogP contribution in [0.15, 0.2) is 0 Å². The molecule has 2 N–H and O–H groups in total. The van der Waals surface area contributed by atoms with Crippen molar-refractivity contribution < 1.29 is 9.53 Å². The van der Waals surface area contributed by atoms with Crippen molar-refractivity contribution in [3.05, 3.63) is 17.1 Å². The van der Waals surface area contributed by atoms with Crippen LogP contribution in [-0.4, -0.2) is 28.3 Å². The number of nitrogen functional groups attached to an aromatic ring is 1. The lowest BCUT2D eigenvalue weighted by Crippen LogP contribution is -2.15. The molecule has 2 rings (SSSR count). The van der Waals surface area contributed by atoms with Gasteiger partial charge in [0.15, 0.2) is 0 Å². The van der Waals surface area contributed by atoms with Gasteiger partial charge in [-0.1, -0.05) is 0 Å². The van der Waals surface area contributed by atoms with E-state index in [2.05, 4.69) is 9.97 Å². The Morgan fingerprint density at radius 3 is 2.89 bits per heavy atom. The number of ether oxygens (including phenoxy) is 1. The predicted octanol–water partition coefficient (Wildman–Crippen LogP) is 2.11. The monoisotopic (exact) mass is 267 g/mol. The second-order valence-corrected chi connectivity index (χ2v) is 5.46. The minimum absolute atomic E-state index is 0.225. The van der Waals surface area contributed by atoms with E-state index in [-0.39, 0.29) is 5.82 Å². The quantitative estimate of drug-likeness (QED) is 0.845. The standard InChI is InChI=1S/C12H17N3O2S/c1-3-17-12(16)9-7(2)14-11(15-10(9)13)8-5-4-6-18-8/h8H,3-6H2,1-2H3,(H2,13,14,15). The van der Waals surface area contributed by atoms with E-state index >= 15 is 0 Å². The number of hydrogen-bond donors (Lipinski definition) is 1. The fourth-order valence-electron chi connectivity index (χ4n) is 2.00. The molecule has 0 saturated carbocycles. The van der Waals surface area contributed by atoms with E-state index in [1.165, 1.54) is 6.42 Å². The van der Waals surface area contributed by atoms with Gasteiger partial charge in [-0.05, 0) is 32.4 Å². The van der Waals surface area contributed by atoms with Gasteiger partial charge >= 0.3 is 5.97 Å². The van der Waals surface area contributed by atoms with Gasteiger partial charge in [0, 0.05) is 0 Å². The minimum Gasteiger partial charge on any atom is -0.462 e. The summed E-state index contributed by atoms with van der Waals surface area (Å²) in [6.07, 6.45) is 2.25. The lowest BCUT2D eigenvalue weighted by molar-refractivity contribution is 0.0525. The number of anilines is 1. The van der Waals surface area contributed by atoms with Crippen LogP contribution in [0.5, 0.6) is 0 Å². The molecule has 0 radical (unpaired) electrons. The minimum atomic E-state index is -0.446. The summed E-state index contributed by atoms with van der Waals surface area (Å²) in [7, 11) is 0. The van der Waals surface area contributed by atoms with E-state index in [4.69, 9.17) is 10.5 Å². The maximum atomic E-state index is 11.7. The van der Waals surface area contributed by atoms with Crippen molar-refractivity contribution in [2.24, 2.45) is 0 Å². The smallest absolute Gasteiger partial charge is 0.343 e. The van der Waals surface area contributed by atoms with Crippen molar-refractivity contribution in [3.63, 3.8) is 0 Å². The number of rotatable bonds is 3. The highest BCUT2D eigenvalue weighted by atomic mass is 32.2. The molecule has 18 heavy (non-hydrogen) atoms. The zero-order valence-corrected chi connectivity index (χ0v) is 11.4. The highest BCUT2D eigenvalue weighted by Crippen LogP contribution is 2.38. The third-order valence-corrected chi connectivity index (χ3v) is 4.21. The topological polar surface area (TPSA) is 78.1 Å². The Morgan fingerprint density at radius 2 is 2.33 bits per heavy atom. The average molecular weight is 267 g/mol. The van der Waals surface area contributed by atoms with Crippen molar-refractivity contribution in [1.29, 1.82) is 0 Å². The molecular formula is C12H17N3O2S. The largest absolute Gasteiger partial charge is 0.462 e. The summed E-state index contributed by atoms with van der Waals surface area (Å²) in [5.74, 6) is 1.65. The summed E-state index contributed by atoms with van der Waals surface area (Å²) in [5.41, 5.74) is 6.76. The lowest BCUT2D eigenvalue weighted by Gasteiger charge is -2.12. The zero-order valence-electron chi connectivity index (χ0n) is 10.6. The van der Waals surface area contributed by atoms with E-state index < -0.39 is 5.97 Å². The van der Waals surface area contributed by atoms with E-state index in [0.29, 0.717) is 23.1 Å². The molecule has 0 aromatic carbocycles. The van der Waals surface area contributed by atoms with Crippen molar-refractivity contribution in [3.8, 4) is 0 Å². The number of aromatic nitrogens is 2. The number of carbonyl (C=O) groups excluding carboxylic acids is 1. The molecular weight excluding hydrogens is 250 g/mol. The van der Waals surface area contributed by atoms with Crippen LogP contribution in [0.25, 0.3) is 0 Å². The summed E-state index contributed by atoms with van der Waals surface area (Å²) in [4.78, 5) is 20.4. The summed E-state index contributed by atoms with van der Waals surface area (Å²) in [6, 6.07) is 0. The van der Waals surface area contributed by atoms with Crippen LogP contribution in [-0.2, 0) is 4.74 Å². The molecule has 0 amide bonds. The molecule has 5 nitrogen and oxygen atoms in total. The molecule has 1 aliphatic rings. The number of thioether (sulfide) groups is 1. The molecule has 1 atom stereocenters. The Kier molecular flexibility index (Phi) is 4.06. The van der Waals surface area contributed by atoms with Crippen LogP contribution in [0.1, 0.15) is 46.9 Å². The fraction of sp³-hybridized carbons (Fsp3) is 0.583. The molecule has 0 spiro atoms. The average Bonchev–Trinajstić information content (AvgIpc) is 2.81. The summed E-state index contributed by atoms with van der Waals surface area (Å²) in [5, 5.41) is 0.308. The van der Waals surface area contributed by atoms with Crippen molar-refractivity contribution in [1.82, 2.24) is 9.97 Å². The summed E-state index contributed by atoms with van der Waals surface area (Å²) < 4.78 is 4.95. The van der Waals surface area contributed by atoms with Gasteiger partial charge in [0.25, 0.3) is 0 Å². The van der Waals surface area contributed by atoms with Crippen molar-refractivity contribution in [2.45, 2.75) is 31.9 Å². The number of nitrogens with zero attached hydrogens (tertiary/aromatic N) is 2. The molecule has 98 valence electrons. The molecule has 1 aromatic heterocycles. The predicted molar refractivity (Wildman–Crippen MR) is 71.6 cm³/mol. The van der Waals surface area contributed by atoms with Gasteiger partial charge in [-0.15, -0.1) is 0 Å². The first-order valence-corrected chi connectivity index (χ1v) is 7.11. The van der Waals surface area contributed by atoms with Crippen molar-refractivity contribution in [2.75, 3.05) is 18.1 Å². The van der Waals surface area contributed by atoms with Gasteiger partial charge in [0.1, 0.15) is 17.2 Å². The van der Waals surface area contributed by atoms with Gasteiger partial charge in [0.05, 0.1) is 17.6 Å². The highest BCUT2D eigenvalue weighted by molar-refractivity contribution is 7.99. The van der Waals surface area contributed by atoms with E-state index in [9.17, 15) is 4.79 Å². The third-order valence-electron chi connectivity index (χ3n) is 2.83. The van der Waals surface area contributed by atoms with E-state index in [0.717, 1.165) is 18.0 Å². The molecule has 1 saturated heterocycles. The Bertz CT molecular complexity index is 436. The second kappa shape index (κ2) is 5.56. The molecule has 1 unspecified atom stereocenters. The van der Waals surface area contributed by atoms with E-state index in [1.807, 2.05) is 11.8 Å². The van der Waals surface area contributed by atoms with Crippen LogP contribution in [0.4, 0.5) is 5.82 Å². The number of nitrogens with two attached hydrogens (primary N) is 1. The molecule has 6 heteroatoms. The molecule has 0 bridgehead atoms. The molecule has 1 aliphatic heterocycles.